The van der Waals surface area contributed by atoms with Crippen LogP contribution in [0.25, 0.3) is 33.7 Å². The lowest BCUT2D eigenvalue weighted by molar-refractivity contribution is -0.109. The number of rotatable bonds is 5. The fraction of sp³-hybridized carbons (Fsp3) is 0.0556. The van der Waals surface area contributed by atoms with E-state index in [9.17, 15) is 9.90 Å². The maximum Gasteiger partial charge on any atom is 0.226 e. The van der Waals surface area contributed by atoms with Gasteiger partial charge in [0.1, 0.15) is 18.6 Å². The number of benzene rings is 2. The Balaban J connectivity index is 1.64. The summed E-state index contributed by atoms with van der Waals surface area (Å²) in [5.41, 5.74) is 3.96. The normalized spacial score (nSPS) is 10.9. The number of carbonyl (C=O) groups excluding carboxylic acids is 1. The van der Waals surface area contributed by atoms with Crippen molar-refractivity contribution in [3.8, 4) is 34.2 Å². The number of aromatic amines is 1. The standard InChI is InChI=1S/C18H13N3O4/c22-5-6-24-17-4-2-12(8-16(17)23)18-21-15(9-25-18)11-1-3-13-14(7-11)20-10-19-13/h1-5,7-10,23H,6H2,(H,19,20). The fourth-order valence-corrected chi connectivity index (χ4v) is 2.53. The number of aromatic nitrogens is 3. The Morgan fingerprint density at radius 2 is 2.08 bits per heavy atom. The Kier molecular flexibility index (Phi) is 3.66. The second-order valence-corrected chi connectivity index (χ2v) is 5.33. The quantitative estimate of drug-likeness (QED) is 0.543. The summed E-state index contributed by atoms with van der Waals surface area (Å²) in [5, 5.41) is 9.98. The number of nitrogens with one attached hydrogen (secondary N) is 1. The third-order valence-corrected chi connectivity index (χ3v) is 3.73. The maximum absolute atomic E-state index is 10.3. The van der Waals surface area contributed by atoms with Crippen molar-refractivity contribution in [2.75, 3.05) is 6.61 Å². The van der Waals surface area contributed by atoms with Crippen molar-refractivity contribution in [2.45, 2.75) is 0 Å². The highest BCUT2D eigenvalue weighted by molar-refractivity contribution is 5.80. The van der Waals surface area contributed by atoms with Crippen molar-refractivity contribution in [2.24, 2.45) is 0 Å². The van der Waals surface area contributed by atoms with Gasteiger partial charge in [-0.2, -0.15) is 0 Å². The fourth-order valence-electron chi connectivity index (χ4n) is 2.53. The minimum atomic E-state index is -0.119. The summed E-state index contributed by atoms with van der Waals surface area (Å²) in [5.74, 6) is 0.516. The van der Waals surface area contributed by atoms with Crippen LogP contribution in [0.4, 0.5) is 0 Å². The van der Waals surface area contributed by atoms with Crippen LogP contribution in [0, 0.1) is 0 Å². The molecule has 0 bridgehead atoms. The van der Waals surface area contributed by atoms with E-state index in [0.717, 1.165) is 16.6 Å². The van der Waals surface area contributed by atoms with Crippen LogP contribution in [-0.2, 0) is 4.79 Å². The minimum absolute atomic E-state index is 0.0852. The van der Waals surface area contributed by atoms with E-state index in [1.54, 1.807) is 24.7 Å². The van der Waals surface area contributed by atoms with Crippen molar-refractivity contribution < 1.29 is 19.1 Å². The molecule has 0 unspecified atom stereocenters. The highest BCUT2D eigenvalue weighted by Crippen LogP contribution is 2.32. The summed E-state index contributed by atoms with van der Waals surface area (Å²) in [6, 6.07) is 10.5. The lowest BCUT2D eigenvalue weighted by Crippen LogP contribution is -1.97. The van der Waals surface area contributed by atoms with Crippen LogP contribution in [0.3, 0.4) is 0 Å². The van der Waals surface area contributed by atoms with Gasteiger partial charge in [0.15, 0.2) is 17.8 Å². The largest absolute Gasteiger partial charge is 0.504 e. The molecule has 2 aromatic heterocycles. The molecule has 0 spiro atoms. The Labute approximate surface area is 141 Å². The molecule has 2 N–H and O–H groups in total. The highest BCUT2D eigenvalue weighted by atomic mass is 16.5. The lowest BCUT2D eigenvalue weighted by Gasteiger charge is -2.05. The van der Waals surface area contributed by atoms with Gasteiger partial charge in [0, 0.05) is 11.1 Å². The molecule has 0 atom stereocenters. The van der Waals surface area contributed by atoms with Gasteiger partial charge in [-0.3, -0.25) is 4.79 Å². The maximum atomic E-state index is 10.3. The number of aromatic hydroxyl groups is 1. The number of phenols is 1. The summed E-state index contributed by atoms with van der Waals surface area (Å²) in [6.45, 7) is -0.119. The molecular formula is C18H13N3O4. The van der Waals surface area contributed by atoms with Crippen molar-refractivity contribution in [3.05, 3.63) is 49.0 Å². The zero-order valence-electron chi connectivity index (χ0n) is 13.0. The van der Waals surface area contributed by atoms with Gasteiger partial charge in [-0.25, -0.2) is 9.97 Å². The summed E-state index contributed by atoms with van der Waals surface area (Å²) in [6.07, 6.45) is 3.81. The molecule has 0 saturated heterocycles. The number of oxazole rings is 1. The first-order valence-corrected chi connectivity index (χ1v) is 7.53. The van der Waals surface area contributed by atoms with Crippen molar-refractivity contribution in [1.82, 2.24) is 15.0 Å². The Morgan fingerprint density at radius 1 is 1.20 bits per heavy atom. The molecule has 7 heteroatoms. The molecule has 0 fully saturated rings. The second-order valence-electron chi connectivity index (χ2n) is 5.33. The van der Waals surface area contributed by atoms with Crippen LogP contribution in [-0.4, -0.2) is 33.0 Å². The summed E-state index contributed by atoms with van der Waals surface area (Å²) >= 11 is 0. The SMILES string of the molecule is O=CCOc1ccc(-c2nc(-c3ccc4nc[nH]c4c3)co2)cc1O. The number of fused-ring (bicyclic) bond motifs is 1. The van der Waals surface area contributed by atoms with E-state index in [0.29, 0.717) is 23.4 Å². The predicted molar refractivity (Wildman–Crippen MR) is 90.3 cm³/mol. The number of hydrogen-bond donors (Lipinski definition) is 2. The van der Waals surface area contributed by atoms with E-state index in [4.69, 9.17) is 9.15 Å². The number of ether oxygens (including phenoxy) is 1. The Morgan fingerprint density at radius 3 is 2.92 bits per heavy atom. The average molecular weight is 335 g/mol. The molecule has 0 amide bonds. The van der Waals surface area contributed by atoms with Crippen molar-refractivity contribution in [1.29, 1.82) is 0 Å². The number of aldehydes is 1. The summed E-state index contributed by atoms with van der Waals surface area (Å²) in [4.78, 5) is 22.0. The molecular weight excluding hydrogens is 322 g/mol. The molecule has 7 nitrogen and oxygen atoms in total. The van der Waals surface area contributed by atoms with Gasteiger partial charge >= 0.3 is 0 Å². The Hall–Kier alpha value is -3.61. The van der Waals surface area contributed by atoms with Gasteiger partial charge in [0.25, 0.3) is 0 Å². The summed E-state index contributed by atoms with van der Waals surface area (Å²) in [7, 11) is 0. The van der Waals surface area contributed by atoms with E-state index in [1.165, 1.54) is 6.07 Å². The number of hydrogen-bond acceptors (Lipinski definition) is 6. The van der Waals surface area contributed by atoms with Crippen molar-refractivity contribution >= 4 is 17.3 Å². The number of phenolic OH excluding ortho intramolecular Hbond substituents is 1. The third-order valence-electron chi connectivity index (χ3n) is 3.73. The van der Waals surface area contributed by atoms with Crippen LogP contribution in [0.15, 0.2) is 53.4 Å². The number of H-pyrrole nitrogens is 1. The summed E-state index contributed by atoms with van der Waals surface area (Å²) < 4.78 is 10.6. The van der Waals surface area contributed by atoms with E-state index in [-0.39, 0.29) is 18.1 Å². The monoisotopic (exact) mass is 335 g/mol. The van der Waals surface area contributed by atoms with E-state index in [2.05, 4.69) is 15.0 Å². The molecule has 0 radical (unpaired) electrons. The lowest BCUT2D eigenvalue weighted by atomic mass is 10.1. The Bertz CT molecular complexity index is 1050. The number of nitrogens with zero attached hydrogens (tertiary/aromatic N) is 2. The topological polar surface area (TPSA) is 101 Å². The third kappa shape index (κ3) is 2.83. The van der Waals surface area contributed by atoms with Gasteiger partial charge in [-0.15, -0.1) is 0 Å². The first-order chi connectivity index (χ1) is 12.2. The predicted octanol–water partition coefficient (Wildman–Crippen LogP) is 3.17. The molecule has 25 heavy (non-hydrogen) atoms. The molecule has 4 rings (SSSR count). The highest BCUT2D eigenvalue weighted by Gasteiger charge is 2.12. The average Bonchev–Trinajstić information content (AvgIpc) is 3.29. The van der Waals surface area contributed by atoms with Crippen LogP contribution in [0.2, 0.25) is 0 Å². The molecule has 0 aliphatic rings. The van der Waals surface area contributed by atoms with Gasteiger partial charge in [0.2, 0.25) is 5.89 Å². The minimum Gasteiger partial charge on any atom is -0.504 e. The van der Waals surface area contributed by atoms with Crippen LogP contribution >= 0.6 is 0 Å². The van der Waals surface area contributed by atoms with Gasteiger partial charge < -0.3 is 19.2 Å². The zero-order chi connectivity index (χ0) is 17.2. The van der Waals surface area contributed by atoms with Gasteiger partial charge in [0.05, 0.1) is 17.4 Å². The first kappa shape index (κ1) is 14.9. The van der Waals surface area contributed by atoms with E-state index in [1.807, 2.05) is 18.2 Å². The molecule has 0 aliphatic heterocycles. The van der Waals surface area contributed by atoms with Crippen LogP contribution in [0.5, 0.6) is 11.5 Å². The number of carbonyl (C=O) groups is 1. The van der Waals surface area contributed by atoms with Gasteiger partial charge in [-0.05, 0) is 30.3 Å². The molecule has 124 valence electrons. The second kappa shape index (κ2) is 6.12. The molecule has 4 aromatic rings. The molecule has 2 aromatic carbocycles. The van der Waals surface area contributed by atoms with Crippen molar-refractivity contribution in [3.63, 3.8) is 0 Å². The smallest absolute Gasteiger partial charge is 0.226 e. The van der Waals surface area contributed by atoms with Crippen LogP contribution in [0.1, 0.15) is 0 Å². The van der Waals surface area contributed by atoms with Gasteiger partial charge in [-0.1, -0.05) is 6.07 Å². The van der Waals surface area contributed by atoms with E-state index < -0.39 is 0 Å². The molecule has 2 heterocycles. The first-order valence-electron chi connectivity index (χ1n) is 7.53. The van der Waals surface area contributed by atoms with E-state index >= 15 is 0 Å². The zero-order valence-corrected chi connectivity index (χ0v) is 13.0. The van der Waals surface area contributed by atoms with Crippen LogP contribution < -0.4 is 4.74 Å². The molecule has 0 aliphatic carbocycles. The number of imidazole rings is 1. The molecule has 0 saturated carbocycles.